The molecule has 2 aromatic carbocycles. The van der Waals surface area contributed by atoms with Crippen molar-refractivity contribution in [1.29, 1.82) is 0 Å². The lowest BCUT2D eigenvalue weighted by Gasteiger charge is -2.05. The van der Waals surface area contributed by atoms with E-state index in [0.29, 0.717) is 13.0 Å². The van der Waals surface area contributed by atoms with Crippen LogP contribution >= 0.6 is 0 Å². The number of carboxylic acids is 1. The first kappa shape index (κ1) is 17.7. The second kappa shape index (κ2) is 9.45. The van der Waals surface area contributed by atoms with Gasteiger partial charge in [0.15, 0.2) is 0 Å². The molecule has 0 heterocycles. The van der Waals surface area contributed by atoms with Crippen molar-refractivity contribution in [2.75, 3.05) is 6.61 Å². The number of azo groups is 1. The van der Waals surface area contributed by atoms with Gasteiger partial charge in [-0.25, -0.2) is 0 Å². The summed E-state index contributed by atoms with van der Waals surface area (Å²) in [6, 6.07) is 15.3. The number of aliphatic carboxylic acids is 1. The van der Waals surface area contributed by atoms with Crippen LogP contribution in [0.25, 0.3) is 0 Å². The van der Waals surface area contributed by atoms with Gasteiger partial charge in [0.2, 0.25) is 0 Å². The number of unbranched alkanes of at least 4 members (excludes halogenated alkanes) is 2. The molecule has 0 amide bonds. The lowest BCUT2D eigenvalue weighted by atomic mass is 10.2. The summed E-state index contributed by atoms with van der Waals surface area (Å²) in [6.07, 6.45) is 2.62. The summed E-state index contributed by atoms with van der Waals surface area (Å²) in [7, 11) is 0. The summed E-state index contributed by atoms with van der Waals surface area (Å²) in [5.41, 5.74) is 2.78. The number of ether oxygens (including phenoxy) is 1. The van der Waals surface area contributed by atoms with E-state index in [2.05, 4.69) is 10.2 Å². The van der Waals surface area contributed by atoms with Gasteiger partial charge >= 0.3 is 5.97 Å². The van der Waals surface area contributed by atoms with Crippen LogP contribution < -0.4 is 4.74 Å². The van der Waals surface area contributed by atoms with Gasteiger partial charge in [0.25, 0.3) is 0 Å². The fourth-order valence-corrected chi connectivity index (χ4v) is 2.08. The van der Waals surface area contributed by atoms with E-state index in [1.54, 1.807) is 0 Å². The Hall–Kier alpha value is -2.69. The second-order valence-corrected chi connectivity index (χ2v) is 5.58. The third-order valence-electron chi connectivity index (χ3n) is 3.46. The molecule has 0 aromatic heterocycles. The molecule has 0 aliphatic heterocycles. The average Bonchev–Trinajstić information content (AvgIpc) is 2.58. The Morgan fingerprint density at radius 2 is 1.50 bits per heavy atom. The van der Waals surface area contributed by atoms with Gasteiger partial charge in [-0.2, -0.15) is 10.2 Å². The number of benzene rings is 2. The molecule has 2 rings (SSSR count). The van der Waals surface area contributed by atoms with Crippen molar-refractivity contribution in [3.63, 3.8) is 0 Å². The third kappa shape index (κ3) is 6.60. The van der Waals surface area contributed by atoms with E-state index in [9.17, 15) is 4.79 Å². The van der Waals surface area contributed by atoms with Crippen molar-refractivity contribution < 1.29 is 14.6 Å². The minimum atomic E-state index is -0.744. The molecule has 0 aliphatic carbocycles. The summed E-state index contributed by atoms with van der Waals surface area (Å²) in [5.74, 6) is 0.0360. The minimum absolute atomic E-state index is 0.223. The SMILES string of the molecule is Cc1ccc(N=Nc2ccc(OCCCCCC(=O)O)cc2)cc1. The molecule has 0 saturated carbocycles. The maximum Gasteiger partial charge on any atom is 0.303 e. The lowest BCUT2D eigenvalue weighted by Crippen LogP contribution is -1.98. The van der Waals surface area contributed by atoms with E-state index >= 15 is 0 Å². The molecule has 0 bridgehead atoms. The zero-order valence-corrected chi connectivity index (χ0v) is 13.8. The van der Waals surface area contributed by atoms with E-state index in [1.165, 1.54) is 5.56 Å². The number of nitrogens with zero attached hydrogens (tertiary/aromatic N) is 2. The summed E-state index contributed by atoms with van der Waals surface area (Å²) in [5, 5.41) is 16.9. The zero-order valence-electron chi connectivity index (χ0n) is 13.8. The number of carboxylic acid groups (broad SMARTS) is 1. The van der Waals surface area contributed by atoms with E-state index < -0.39 is 5.97 Å². The van der Waals surface area contributed by atoms with Crippen LogP contribution in [0.3, 0.4) is 0 Å². The Morgan fingerprint density at radius 3 is 2.08 bits per heavy atom. The molecule has 0 unspecified atom stereocenters. The van der Waals surface area contributed by atoms with Gasteiger partial charge in [0.05, 0.1) is 18.0 Å². The summed E-state index contributed by atoms with van der Waals surface area (Å²) >= 11 is 0. The number of hydrogen-bond acceptors (Lipinski definition) is 4. The van der Waals surface area contributed by atoms with E-state index in [1.807, 2.05) is 55.5 Å². The van der Waals surface area contributed by atoms with Crippen LogP contribution in [0.5, 0.6) is 5.75 Å². The van der Waals surface area contributed by atoms with Gasteiger partial charge in [-0.05, 0) is 62.6 Å². The van der Waals surface area contributed by atoms with Crippen molar-refractivity contribution >= 4 is 17.3 Å². The molecule has 0 aliphatic rings. The van der Waals surface area contributed by atoms with Crippen LogP contribution in [0, 0.1) is 6.92 Å². The van der Waals surface area contributed by atoms with E-state index in [-0.39, 0.29) is 6.42 Å². The number of aryl methyl sites for hydroxylation is 1. The van der Waals surface area contributed by atoms with Crippen LogP contribution in [-0.4, -0.2) is 17.7 Å². The molecule has 0 fully saturated rings. The molecule has 0 saturated heterocycles. The van der Waals surface area contributed by atoms with Crippen molar-refractivity contribution in [3.05, 3.63) is 54.1 Å². The van der Waals surface area contributed by atoms with E-state index in [4.69, 9.17) is 9.84 Å². The summed E-state index contributed by atoms with van der Waals surface area (Å²) < 4.78 is 5.62. The minimum Gasteiger partial charge on any atom is -0.494 e. The molecule has 5 heteroatoms. The van der Waals surface area contributed by atoms with Gasteiger partial charge in [-0.15, -0.1) is 0 Å². The highest BCUT2D eigenvalue weighted by molar-refractivity contribution is 5.66. The van der Waals surface area contributed by atoms with Crippen LogP contribution in [0.4, 0.5) is 11.4 Å². The summed E-state index contributed by atoms with van der Waals surface area (Å²) in [4.78, 5) is 10.4. The first-order valence-electron chi connectivity index (χ1n) is 8.06. The van der Waals surface area contributed by atoms with Crippen LogP contribution in [0.15, 0.2) is 58.8 Å². The normalized spacial score (nSPS) is 10.9. The van der Waals surface area contributed by atoms with Crippen LogP contribution in [-0.2, 0) is 4.79 Å². The van der Waals surface area contributed by atoms with Crippen LogP contribution in [0.1, 0.15) is 31.2 Å². The monoisotopic (exact) mass is 326 g/mol. The zero-order chi connectivity index (χ0) is 17.2. The smallest absolute Gasteiger partial charge is 0.303 e. The molecule has 0 spiro atoms. The Labute approximate surface area is 142 Å². The molecule has 5 nitrogen and oxygen atoms in total. The van der Waals surface area contributed by atoms with Gasteiger partial charge in [-0.3, -0.25) is 4.79 Å². The highest BCUT2D eigenvalue weighted by Gasteiger charge is 1.98. The van der Waals surface area contributed by atoms with Crippen molar-refractivity contribution in [1.82, 2.24) is 0 Å². The highest BCUT2D eigenvalue weighted by Crippen LogP contribution is 2.21. The molecule has 24 heavy (non-hydrogen) atoms. The van der Waals surface area contributed by atoms with Gasteiger partial charge in [0.1, 0.15) is 5.75 Å². The first-order valence-corrected chi connectivity index (χ1v) is 8.06. The Bertz CT molecular complexity index is 664. The standard InChI is InChI=1S/C19H22N2O3/c1-15-6-8-16(9-7-15)20-21-17-10-12-18(13-11-17)24-14-4-2-3-5-19(22)23/h6-13H,2-5,14H2,1H3,(H,22,23). The molecule has 0 radical (unpaired) electrons. The molecule has 126 valence electrons. The molecule has 0 atom stereocenters. The fraction of sp³-hybridized carbons (Fsp3) is 0.316. The average molecular weight is 326 g/mol. The topological polar surface area (TPSA) is 71.2 Å². The highest BCUT2D eigenvalue weighted by atomic mass is 16.5. The Balaban J connectivity index is 1.74. The number of rotatable bonds is 9. The second-order valence-electron chi connectivity index (χ2n) is 5.58. The molecular weight excluding hydrogens is 304 g/mol. The van der Waals surface area contributed by atoms with Crippen molar-refractivity contribution in [2.24, 2.45) is 10.2 Å². The maximum atomic E-state index is 10.4. The maximum absolute atomic E-state index is 10.4. The molecular formula is C19H22N2O3. The van der Waals surface area contributed by atoms with E-state index in [0.717, 1.165) is 30.0 Å². The van der Waals surface area contributed by atoms with Gasteiger partial charge in [-0.1, -0.05) is 17.7 Å². The molecule has 1 N–H and O–H groups in total. The largest absolute Gasteiger partial charge is 0.494 e. The number of hydrogen-bond donors (Lipinski definition) is 1. The Kier molecular flexibility index (Phi) is 6.95. The molecule has 2 aromatic rings. The quantitative estimate of drug-likeness (QED) is 0.493. The number of carbonyl (C=O) groups is 1. The van der Waals surface area contributed by atoms with Gasteiger partial charge < -0.3 is 9.84 Å². The summed E-state index contributed by atoms with van der Waals surface area (Å²) in [6.45, 7) is 2.62. The predicted octanol–water partition coefficient (Wildman–Crippen LogP) is 5.43. The van der Waals surface area contributed by atoms with Crippen molar-refractivity contribution in [2.45, 2.75) is 32.6 Å². The van der Waals surface area contributed by atoms with Crippen LogP contribution in [0.2, 0.25) is 0 Å². The lowest BCUT2D eigenvalue weighted by molar-refractivity contribution is -0.137. The first-order chi connectivity index (χ1) is 11.6. The Morgan fingerprint density at radius 1 is 0.917 bits per heavy atom. The van der Waals surface area contributed by atoms with Crippen molar-refractivity contribution in [3.8, 4) is 5.75 Å². The predicted molar refractivity (Wildman–Crippen MR) is 93.4 cm³/mol. The third-order valence-corrected chi connectivity index (χ3v) is 3.46. The van der Waals surface area contributed by atoms with Gasteiger partial charge in [0, 0.05) is 6.42 Å². The fourth-order valence-electron chi connectivity index (χ4n) is 2.08.